The van der Waals surface area contributed by atoms with E-state index in [2.05, 4.69) is 25.6 Å². The fraction of sp³-hybridized carbons (Fsp3) is 0.444. The highest BCUT2D eigenvalue weighted by Gasteiger charge is 2.13. The van der Waals surface area contributed by atoms with Crippen LogP contribution in [-0.2, 0) is 4.79 Å². The number of carbonyl (C=O) groups excluding carboxylic acids is 1. The van der Waals surface area contributed by atoms with Gasteiger partial charge in [0.25, 0.3) is 0 Å². The van der Waals surface area contributed by atoms with Gasteiger partial charge in [-0.1, -0.05) is 25.3 Å². The standard InChI is InChI=1S/C9H15NOSi/c1-5-6-8(9(10)11)7-12(2,3)4/h1,7H,6H2,2-4H3,(H2,10,11). The van der Waals surface area contributed by atoms with Gasteiger partial charge in [0.15, 0.2) is 0 Å². The number of nitrogens with two attached hydrogens (primary N) is 1. The van der Waals surface area contributed by atoms with Gasteiger partial charge in [0.2, 0.25) is 5.91 Å². The van der Waals surface area contributed by atoms with E-state index in [4.69, 9.17) is 12.2 Å². The largest absolute Gasteiger partial charge is 0.366 e. The van der Waals surface area contributed by atoms with Gasteiger partial charge in [-0.15, -0.1) is 12.3 Å². The van der Waals surface area contributed by atoms with Gasteiger partial charge in [-0.05, 0) is 0 Å². The average Bonchev–Trinajstić information content (AvgIpc) is 1.83. The topological polar surface area (TPSA) is 43.1 Å². The summed E-state index contributed by atoms with van der Waals surface area (Å²) < 4.78 is 0. The lowest BCUT2D eigenvalue weighted by Crippen LogP contribution is -2.22. The average molecular weight is 181 g/mol. The molecule has 0 saturated heterocycles. The molecular weight excluding hydrogens is 166 g/mol. The van der Waals surface area contributed by atoms with E-state index in [1.165, 1.54) is 0 Å². The summed E-state index contributed by atoms with van der Waals surface area (Å²) in [6, 6.07) is 0. The molecule has 66 valence electrons. The highest BCUT2D eigenvalue weighted by molar-refractivity contribution is 6.81. The molecule has 0 rings (SSSR count). The second-order valence-electron chi connectivity index (χ2n) is 3.78. The Kier molecular flexibility index (Phi) is 3.77. The Labute approximate surface area is 74.9 Å². The molecule has 0 aromatic heterocycles. The van der Waals surface area contributed by atoms with Crippen LogP contribution in [0.25, 0.3) is 0 Å². The van der Waals surface area contributed by atoms with Crippen LogP contribution in [0.5, 0.6) is 0 Å². The third kappa shape index (κ3) is 4.75. The maximum Gasteiger partial charge on any atom is 0.244 e. The summed E-state index contributed by atoms with van der Waals surface area (Å²) >= 11 is 0. The first-order valence-electron chi connectivity index (χ1n) is 3.82. The molecule has 2 N–H and O–H groups in total. The quantitative estimate of drug-likeness (QED) is 0.398. The highest BCUT2D eigenvalue weighted by atomic mass is 28.3. The summed E-state index contributed by atoms with van der Waals surface area (Å²) in [4.78, 5) is 10.8. The number of amides is 1. The Morgan fingerprint density at radius 3 is 2.33 bits per heavy atom. The van der Waals surface area contributed by atoms with Crippen molar-refractivity contribution >= 4 is 14.0 Å². The lowest BCUT2D eigenvalue weighted by molar-refractivity contribution is -0.114. The second kappa shape index (κ2) is 4.12. The first-order chi connectivity index (χ1) is 5.37. The second-order valence-corrected chi connectivity index (χ2v) is 8.80. The summed E-state index contributed by atoms with van der Waals surface area (Å²) in [5.41, 5.74) is 7.68. The van der Waals surface area contributed by atoms with E-state index in [1.807, 2.05) is 5.70 Å². The normalized spacial score (nSPS) is 12.3. The van der Waals surface area contributed by atoms with Crippen LogP contribution in [0.15, 0.2) is 11.3 Å². The van der Waals surface area contributed by atoms with Crippen molar-refractivity contribution in [2.24, 2.45) is 5.73 Å². The highest BCUT2D eigenvalue weighted by Crippen LogP contribution is 2.09. The summed E-state index contributed by atoms with van der Waals surface area (Å²) in [5.74, 6) is 2.03. The minimum absolute atomic E-state index is 0.347. The molecule has 0 radical (unpaired) electrons. The van der Waals surface area contributed by atoms with E-state index in [1.54, 1.807) is 0 Å². The SMILES string of the molecule is C#CCC(=C[Si](C)(C)C)C(N)=O. The lowest BCUT2D eigenvalue weighted by Gasteiger charge is -2.10. The van der Waals surface area contributed by atoms with E-state index in [0.29, 0.717) is 12.0 Å². The molecule has 0 saturated carbocycles. The molecule has 0 aromatic carbocycles. The summed E-state index contributed by atoms with van der Waals surface area (Å²) in [6.45, 7) is 6.39. The molecule has 0 aliphatic rings. The Bertz CT molecular complexity index is 242. The maximum atomic E-state index is 10.8. The first-order valence-corrected chi connectivity index (χ1v) is 7.39. The van der Waals surface area contributed by atoms with Crippen LogP contribution in [0.2, 0.25) is 19.6 Å². The zero-order chi connectivity index (χ0) is 9.78. The molecule has 0 aliphatic carbocycles. The third-order valence-corrected chi connectivity index (χ3v) is 2.43. The summed E-state index contributed by atoms with van der Waals surface area (Å²) in [7, 11) is -1.38. The van der Waals surface area contributed by atoms with E-state index < -0.39 is 14.0 Å². The molecule has 0 spiro atoms. The molecule has 3 heteroatoms. The van der Waals surface area contributed by atoms with E-state index in [0.717, 1.165) is 0 Å². The van der Waals surface area contributed by atoms with Crippen molar-refractivity contribution in [1.29, 1.82) is 0 Å². The monoisotopic (exact) mass is 181 g/mol. The summed E-state index contributed by atoms with van der Waals surface area (Å²) in [5, 5.41) is 0. The molecular formula is C9H15NOSi. The minimum atomic E-state index is -1.38. The van der Waals surface area contributed by atoms with Crippen LogP contribution in [0.1, 0.15) is 6.42 Å². The Morgan fingerprint density at radius 1 is 1.58 bits per heavy atom. The van der Waals surface area contributed by atoms with Gasteiger partial charge in [-0.25, -0.2) is 0 Å². The molecule has 0 unspecified atom stereocenters. The van der Waals surface area contributed by atoms with Crippen LogP contribution in [-0.4, -0.2) is 14.0 Å². The van der Waals surface area contributed by atoms with Gasteiger partial charge in [0.05, 0.1) is 8.07 Å². The van der Waals surface area contributed by atoms with Crippen molar-refractivity contribution in [3.05, 3.63) is 11.3 Å². The Morgan fingerprint density at radius 2 is 2.08 bits per heavy atom. The van der Waals surface area contributed by atoms with Crippen LogP contribution in [0.3, 0.4) is 0 Å². The lowest BCUT2D eigenvalue weighted by atomic mass is 10.2. The van der Waals surface area contributed by atoms with Gasteiger partial charge in [0.1, 0.15) is 0 Å². The molecule has 2 nitrogen and oxygen atoms in total. The van der Waals surface area contributed by atoms with Gasteiger partial charge < -0.3 is 5.73 Å². The summed E-state index contributed by atoms with van der Waals surface area (Å²) in [6.07, 6.45) is 5.45. The molecule has 0 fully saturated rings. The molecule has 0 aliphatic heterocycles. The van der Waals surface area contributed by atoms with Crippen molar-refractivity contribution in [2.75, 3.05) is 0 Å². The molecule has 0 atom stereocenters. The molecule has 0 bridgehead atoms. The van der Waals surface area contributed by atoms with E-state index in [9.17, 15) is 4.79 Å². The third-order valence-electron chi connectivity index (χ3n) is 1.22. The van der Waals surface area contributed by atoms with Crippen molar-refractivity contribution < 1.29 is 4.79 Å². The number of terminal acetylenes is 1. The van der Waals surface area contributed by atoms with Crippen molar-refractivity contribution in [3.8, 4) is 12.3 Å². The van der Waals surface area contributed by atoms with E-state index in [-0.39, 0.29) is 0 Å². The molecule has 12 heavy (non-hydrogen) atoms. The molecule has 0 heterocycles. The van der Waals surface area contributed by atoms with Gasteiger partial charge in [-0.3, -0.25) is 4.79 Å². The Balaban J connectivity index is 4.64. The zero-order valence-corrected chi connectivity index (χ0v) is 8.85. The van der Waals surface area contributed by atoms with Crippen LogP contribution >= 0.6 is 0 Å². The van der Waals surface area contributed by atoms with Crippen LogP contribution in [0.4, 0.5) is 0 Å². The number of rotatable bonds is 3. The fourth-order valence-electron chi connectivity index (χ4n) is 0.842. The van der Waals surface area contributed by atoms with Crippen molar-refractivity contribution in [1.82, 2.24) is 0 Å². The van der Waals surface area contributed by atoms with Gasteiger partial charge >= 0.3 is 0 Å². The zero-order valence-electron chi connectivity index (χ0n) is 7.85. The fourth-order valence-corrected chi connectivity index (χ4v) is 2.13. The smallest absolute Gasteiger partial charge is 0.244 e. The van der Waals surface area contributed by atoms with Gasteiger partial charge in [0, 0.05) is 12.0 Å². The van der Waals surface area contributed by atoms with E-state index >= 15 is 0 Å². The van der Waals surface area contributed by atoms with Crippen molar-refractivity contribution in [3.63, 3.8) is 0 Å². The number of primary amides is 1. The Hall–Kier alpha value is -1.01. The predicted octanol–water partition coefficient (Wildman–Crippen LogP) is 1.30. The minimum Gasteiger partial charge on any atom is -0.366 e. The van der Waals surface area contributed by atoms with Crippen LogP contribution < -0.4 is 5.73 Å². The molecule has 0 aromatic rings. The predicted molar refractivity (Wildman–Crippen MR) is 54.1 cm³/mol. The number of hydrogen-bond donors (Lipinski definition) is 1. The number of hydrogen-bond acceptors (Lipinski definition) is 1. The van der Waals surface area contributed by atoms with Gasteiger partial charge in [-0.2, -0.15) is 0 Å². The first kappa shape index (κ1) is 11.0. The van der Waals surface area contributed by atoms with Crippen LogP contribution in [0, 0.1) is 12.3 Å². The van der Waals surface area contributed by atoms with Crippen molar-refractivity contribution in [2.45, 2.75) is 26.1 Å². The molecule has 1 amide bonds. The maximum absolute atomic E-state index is 10.8. The number of carbonyl (C=O) groups is 1.